The van der Waals surface area contributed by atoms with E-state index in [4.69, 9.17) is 10.5 Å². The minimum absolute atomic E-state index is 0. The Morgan fingerprint density at radius 3 is 2.58 bits per heavy atom. The molecule has 1 saturated heterocycles. The number of anilines is 1. The second-order valence-electron chi connectivity index (χ2n) is 5.88. The van der Waals surface area contributed by atoms with Crippen LogP contribution < -0.4 is 15.8 Å². The number of rotatable bonds is 7. The van der Waals surface area contributed by atoms with Crippen molar-refractivity contribution in [2.45, 2.75) is 39.2 Å². The van der Waals surface area contributed by atoms with E-state index in [1.54, 1.807) is 0 Å². The quantitative estimate of drug-likeness (QED) is 0.766. The first-order chi connectivity index (χ1) is 10.6. The van der Waals surface area contributed by atoms with Crippen molar-refractivity contribution in [2.24, 2.45) is 5.73 Å². The van der Waals surface area contributed by atoms with E-state index in [2.05, 4.69) is 10.2 Å². The summed E-state index contributed by atoms with van der Waals surface area (Å²) < 4.78 is 5.85. The van der Waals surface area contributed by atoms with Crippen LogP contribution in [0.3, 0.4) is 0 Å². The van der Waals surface area contributed by atoms with Gasteiger partial charge in [-0.2, -0.15) is 0 Å². The highest BCUT2D eigenvalue weighted by molar-refractivity contribution is 5.94. The van der Waals surface area contributed by atoms with E-state index in [1.165, 1.54) is 25.9 Å². The summed E-state index contributed by atoms with van der Waals surface area (Å²) in [5.74, 6) is 0.724. The molecule has 138 valence electrons. The van der Waals surface area contributed by atoms with Gasteiger partial charge in [0.2, 0.25) is 5.91 Å². The molecule has 7 heteroatoms. The lowest BCUT2D eigenvalue weighted by Gasteiger charge is -2.16. The number of carbonyl (C=O) groups excluding carboxylic acids is 1. The molecular weight excluding hydrogens is 349 g/mol. The molecule has 0 spiro atoms. The van der Waals surface area contributed by atoms with Gasteiger partial charge in [-0.05, 0) is 63.0 Å². The predicted octanol–water partition coefficient (Wildman–Crippen LogP) is 2.99. The van der Waals surface area contributed by atoms with Crippen LogP contribution in [-0.4, -0.2) is 43.1 Å². The van der Waals surface area contributed by atoms with E-state index in [0.717, 1.165) is 23.5 Å². The highest BCUT2D eigenvalue weighted by atomic mass is 35.5. The van der Waals surface area contributed by atoms with Crippen molar-refractivity contribution >= 4 is 36.4 Å². The zero-order valence-electron chi connectivity index (χ0n) is 14.4. The molecule has 1 atom stereocenters. The molecule has 5 nitrogen and oxygen atoms in total. The Hall–Kier alpha value is -1.01. The van der Waals surface area contributed by atoms with Gasteiger partial charge in [0.05, 0.1) is 6.04 Å². The standard InChI is InChI=1S/C17H27N3O2.2ClH/c1-3-15(18)17(21)19-14-6-7-16(13(2)12-14)22-11-10-20-8-4-5-9-20;;/h6-7,12,15H,3-5,8-11,18H2,1-2H3,(H,19,21);2*1H/t15-;;/m0../s1. The summed E-state index contributed by atoms with van der Waals surface area (Å²) in [7, 11) is 0. The van der Waals surface area contributed by atoms with Crippen molar-refractivity contribution in [3.8, 4) is 5.75 Å². The SMILES string of the molecule is CC[C@H](N)C(=O)Nc1ccc(OCCN2CCCC2)c(C)c1.Cl.Cl. The summed E-state index contributed by atoms with van der Waals surface area (Å²) >= 11 is 0. The topological polar surface area (TPSA) is 67.6 Å². The van der Waals surface area contributed by atoms with E-state index >= 15 is 0 Å². The van der Waals surface area contributed by atoms with E-state index < -0.39 is 6.04 Å². The van der Waals surface area contributed by atoms with Crippen LogP contribution in [0.15, 0.2) is 18.2 Å². The largest absolute Gasteiger partial charge is 0.492 e. The van der Waals surface area contributed by atoms with Gasteiger partial charge in [0, 0.05) is 12.2 Å². The fourth-order valence-corrected chi connectivity index (χ4v) is 2.60. The predicted molar refractivity (Wildman–Crippen MR) is 104 cm³/mol. The molecule has 1 heterocycles. The molecule has 1 aromatic carbocycles. The average molecular weight is 378 g/mol. The number of hydrogen-bond acceptors (Lipinski definition) is 4. The Morgan fingerprint density at radius 1 is 1.33 bits per heavy atom. The summed E-state index contributed by atoms with van der Waals surface area (Å²) in [6.07, 6.45) is 3.23. The van der Waals surface area contributed by atoms with Gasteiger partial charge >= 0.3 is 0 Å². The van der Waals surface area contributed by atoms with Crippen LogP contribution >= 0.6 is 24.8 Å². The maximum atomic E-state index is 11.8. The van der Waals surface area contributed by atoms with Crippen LogP contribution in [0.4, 0.5) is 5.69 Å². The van der Waals surface area contributed by atoms with Gasteiger partial charge in [-0.3, -0.25) is 9.69 Å². The van der Waals surface area contributed by atoms with Crippen LogP contribution in [0.1, 0.15) is 31.7 Å². The van der Waals surface area contributed by atoms with Gasteiger partial charge in [-0.25, -0.2) is 0 Å². The van der Waals surface area contributed by atoms with Crippen molar-refractivity contribution in [3.63, 3.8) is 0 Å². The molecule has 0 bridgehead atoms. The number of nitrogens with zero attached hydrogens (tertiary/aromatic N) is 1. The molecule has 1 aliphatic heterocycles. The summed E-state index contributed by atoms with van der Waals surface area (Å²) in [5, 5.41) is 2.83. The highest BCUT2D eigenvalue weighted by Gasteiger charge is 2.13. The second kappa shape index (κ2) is 11.5. The van der Waals surface area contributed by atoms with Gasteiger partial charge in [0.1, 0.15) is 12.4 Å². The number of aryl methyl sites for hydroxylation is 1. The number of ether oxygens (including phenoxy) is 1. The maximum Gasteiger partial charge on any atom is 0.241 e. The van der Waals surface area contributed by atoms with E-state index in [1.807, 2.05) is 32.0 Å². The molecule has 2 rings (SSSR count). The van der Waals surface area contributed by atoms with Crippen LogP contribution in [0.5, 0.6) is 5.75 Å². The molecule has 1 amide bonds. The van der Waals surface area contributed by atoms with Gasteiger partial charge in [0.15, 0.2) is 0 Å². The number of nitrogens with two attached hydrogens (primary N) is 1. The first-order valence-electron chi connectivity index (χ1n) is 8.12. The third-order valence-electron chi connectivity index (χ3n) is 4.08. The van der Waals surface area contributed by atoms with E-state index in [-0.39, 0.29) is 30.7 Å². The first-order valence-corrected chi connectivity index (χ1v) is 8.12. The van der Waals surface area contributed by atoms with Crippen molar-refractivity contribution in [3.05, 3.63) is 23.8 Å². The Balaban J connectivity index is 0.00000264. The lowest BCUT2D eigenvalue weighted by molar-refractivity contribution is -0.117. The molecule has 0 saturated carbocycles. The Labute approximate surface area is 157 Å². The van der Waals surface area contributed by atoms with Gasteiger partial charge in [-0.15, -0.1) is 24.8 Å². The van der Waals surface area contributed by atoms with Gasteiger partial charge < -0.3 is 15.8 Å². The van der Waals surface area contributed by atoms with Gasteiger partial charge in [-0.1, -0.05) is 6.92 Å². The lowest BCUT2D eigenvalue weighted by atomic mass is 10.2. The van der Waals surface area contributed by atoms with Crippen molar-refractivity contribution < 1.29 is 9.53 Å². The molecule has 0 unspecified atom stereocenters. The number of amides is 1. The molecule has 24 heavy (non-hydrogen) atoms. The molecule has 1 aromatic rings. The van der Waals surface area contributed by atoms with Crippen LogP contribution in [0.25, 0.3) is 0 Å². The molecular formula is C17H29Cl2N3O2. The van der Waals surface area contributed by atoms with Crippen LogP contribution in [-0.2, 0) is 4.79 Å². The highest BCUT2D eigenvalue weighted by Crippen LogP contribution is 2.22. The summed E-state index contributed by atoms with van der Waals surface area (Å²) in [6.45, 7) is 7.93. The maximum absolute atomic E-state index is 11.8. The third-order valence-corrected chi connectivity index (χ3v) is 4.08. The molecule has 0 aliphatic carbocycles. The number of halogens is 2. The van der Waals surface area contributed by atoms with E-state index in [9.17, 15) is 4.79 Å². The van der Waals surface area contributed by atoms with Crippen LogP contribution in [0, 0.1) is 6.92 Å². The molecule has 0 aromatic heterocycles. The van der Waals surface area contributed by atoms with Gasteiger partial charge in [0.25, 0.3) is 0 Å². The van der Waals surface area contributed by atoms with Crippen LogP contribution in [0.2, 0.25) is 0 Å². The molecule has 1 fully saturated rings. The number of carbonyl (C=O) groups is 1. The Bertz CT molecular complexity index is 509. The lowest BCUT2D eigenvalue weighted by Crippen LogP contribution is -2.34. The fourth-order valence-electron chi connectivity index (χ4n) is 2.60. The van der Waals surface area contributed by atoms with Crippen molar-refractivity contribution in [1.29, 1.82) is 0 Å². The zero-order valence-corrected chi connectivity index (χ0v) is 16.0. The first kappa shape index (κ1) is 23.0. The minimum Gasteiger partial charge on any atom is -0.492 e. The molecule has 1 aliphatic rings. The fraction of sp³-hybridized carbons (Fsp3) is 0.588. The molecule has 3 N–H and O–H groups in total. The summed E-state index contributed by atoms with van der Waals surface area (Å²) in [5.41, 5.74) is 7.50. The van der Waals surface area contributed by atoms with Crippen molar-refractivity contribution in [2.75, 3.05) is 31.6 Å². The number of benzene rings is 1. The smallest absolute Gasteiger partial charge is 0.241 e. The number of likely N-dealkylation sites (tertiary alicyclic amines) is 1. The number of nitrogens with one attached hydrogen (secondary N) is 1. The normalized spacial score (nSPS) is 15.1. The minimum atomic E-state index is -0.461. The monoisotopic (exact) mass is 377 g/mol. The molecule has 0 radical (unpaired) electrons. The number of hydrogen-bond donors (Lipinski definition) is 2. The van der Waals surface area contributed by atoms with Crippen molar-refractivity contribution in [1.82, 2.24) is 4.90 Å². The third kappa shape index (κ3) is 6.85. The van der Waals surface area contributed by atoms with E-state index in [0.29, 0.717) is 13.0 Å². The summed E-state index contributed by atoms with van der Waals surface area (Å²) in [6, 6.07) is 5.23. The zero-order chi connectivity index (χ0) is 15.9. The Kier molecular flexibility index (Phi) is 11.0. The summed E-state index contributed by atoms with van der Waals surface area (Å²) in [4.78, 5) is 14.2. The Morgan fingerprint density at radius 2 is 2.00 bits per heavy atom. The average Bonchev–Trinajstić information content (AvgIpc) is 3.02. The second-order valence-corrected chi connectivity index (χ2v) is 5.88.